The number of benzene rings is 1. The molecule has 19 heavy (non-hydrogen) atoms. The van der Waals surface area contributed by atoms with E-state index in [0.717, 1.165) is 17.0 Å². The fourth-order valence-corrected chi connectivity index (χ4v) is 2.49. The van der Waals surface area contributed by atoms with Crippen LogP contribution in [0.1, 0.15) is 41.4 Å². The SMILES string of the molecule is Cc1ccc(-c2cc(C(=O)O)c(C(C)C)n2C)cc1. The Morgan fingerprint density at radius 2 is 1.79 bits per heavy atom. The molecule has 1 heterocycles. The summed E-state index contributed by atoms with van der Waals surface area (Å²) in [6, 6.07) is 9.90. The van der Waals surface area contributed by atoms with Crippen LogP contribution in [-0.2, 0) is 7.05 Å². The second kappa shape index (κ2) is 4.92. The Labute approximate surface area is 113 Å². The van der Waals surface area contributed by atoms with Gasteiger partial charge in [0.05, 0.1) is 5.56 Å². The molecule has 0 bridgehead atoms. The molecular weight excluding hydrogens is 238 g/mol. The first-order valence-electron chi connectivity index (χ1n) is 6.41. The molecule has 0 atom stereocenters. The van der Waals surface area contributed by atoms with Crippen molar-refractivity contribution in [2.24, 2.45) is 7.05 Å². The van der Waals surface area contributed by atoms with Crippen LogP contribution >= 0.6 is 0 Å². The molecule has 0 aliphatic heterocycles. The minimum atomic E-state index is -0.863. The molecule has 1 aromatic carbocycles. The van der Waals surface area contributed by atoms with Crippen LogP contribution in [0.15, 0.2) is 30.3 Å². The second-order valence-electron chi connectivity index (χ2n) is 5.21. The Bertz CT molecular complexity index is 606. The summed E-state index contributed by atoms with van der Waals surface area (Å²) in [4.78, 5) is 11.4. The molecule has 0 unspecified atom stereocenters. The van der Waals surface area contributed by atoms with E-state index in [-0.39, 0.29) is 5.92 Å². The maximum absolute atomic E-state index is 11.4. The summed E-state index contributed by atoms with van der Waals surface area (Å²) in [6.07, 6.45) is 0. The molecule has 3 heteroatoms. The standard InChI is InChI=1S/C16H19NO2/c1-10(2)15-13(16(18)19)9-14(17(15)4)12-7-5-11(3)6-8-12/h5-10H,1-4H3,(H,18,19). The maximum atomic E-state index is 11.4. The third-order valence-electron chi connectivity index (χ3n) is 3.40. The predicted molar refractivity (Wildman–Crippen MR) is 76.6 cm³/mol. The lowest BCUT2D eigenvalue weighted by Crippen LogP contribution is -2.06. The molecule has 0 saturated carbocycles. The zero-order chi connectivity index (χ0) is 14.2. The van der Waals surface area contributed by atoms with Crippen molar-refractivity contribution >= 4 is 5.97 Å². The van der Waals surface area contributed by atoms with Crippen LogP contribution in [0.2, 0.25) is 0 Å². The molecule has 0 saturated heterocycles. The molecule has 0 amide bonds. The van der Waals surface area contributed by atoms with E-state index in [4.69, 9.17) is 0 Å². The van der Waals surface area contributed by atoms with Crippen LogP contribution in [0, 0.1) is 6.92 Å². The lowest BCUT2D eigenvalue weighted by atomic mass is 10.1. The van der Waals surface area contributed by atoms with Crippen molar-refractivity contribution in [2.75, 3.05) is 0 Å². The van der Waals surface area contributed by atoms with Gasteiger partial charge in [-0.1, -0.05) is 43.7 Å². The lowest BCUT2D eigenvalue weighted by molar-refractivity contribution is 0.0695. The van der Waals surface area contributed by atoms with E-state index in [1.165, 1.54) is 5.56 Å². The van der Waals surface area contributed by atoms with E-state index in [9.17, 15) is 9.90 Å². The molecule has 0 aliphatic carbocycles. The number of aromatic carboxylic acids is 1. The summed E-state index contributed by atoms with van der Waals surface area (Å²) in [7, 11) is 1.93. The van der Waals surface area contributed by atoms with Crippen LogP contribution in [0.3, 0.4) is 0 Å². The van der Waals surface area contributed by atoms with Gasteiger partial charge in [0.2, 0.25) is 0 Å². The first kappa shape index (κ1) is 13.4. The quantitative estimate of drug-likeness (QED) is 0.908. The Morgan fingerprint density at radius 1 is 1.21 bits per heavy atom. The van der Waals surface area contributed by atoms with Gasteiger partial charge in [0, 0.05) is 18.4 Å². The molecule has 0 radical (unpaired) electrons. The molecule has 0 spiro atoms. The topological polar surface area (TPSA) is 42.2 Å². The van der Waals surface area contributed by atoms with Crippen LogP contribution in [0.5, 0.6) is 0 Å². The summed E-state index contributed by atoms with van der Waals surface area (Å²) in [5.41, 5.74) is 4.44. The highest BCUT2D eigenvalue weighted by Gasteiger charge is 2.20. The van der Waals surface area contributed by atoms with Crippen LogP contribution in [0.4, 0.5) is 0 Å². The molecule has 1 aromatic heterocycles. The average Bonchev–Trinajstić information content (AvgIpc) is 2.68. The van der Waals surface area contributed by atoms with Gasteiger partial charge in [-0.2, -0.15) is 0 Å². The number of hydrogen-bond acceptors (Lipinski definition) is 1. The van der Waals surface area contributed by atoms with Crippen molar-refractivity contribution in [1.29, 1.82) is 0 Å². The van der Waals surface area contributed by atoms with Gasteiger partial charge >= 0.3 is 5.97 Å². The number of rotatable bonds is 3. The molecule has 2 rings (SSSR count). The molecule has 0 fully saturated rings. The van der Waals surface area contributed by atoms with Gasteiger partial charge in [-0.3, -0.25) is 0 Å². The Balaban J connectivity index is 2.62. The average molecular weight is 257 g/mol. The van der Waals surface area contributed by atoms with E-state index in [1.807, 2.05) is 56.7 Å². The van der Waals surface area contributed by atoms with Crippen molar-refractivity contribution in [3.8, 4) is 11.3 Å². The molecular formula is C16H19NO2. The summed E-state index contributed by atoms with van der Waals surface area (Å²) in [5.74, 6) is -0.687. The van der Waals surface area contributed by atoms with Gasteiger partial charge in [-0.25, -0.2) is 4.79 Å². The van der Waals surface area contributed by atoms with E-state index in [2.05, 4.69) is 0 Å². The number of carboxylic acid groups (broad SMARTS) is 1. The molecule has 1 N–H and O–H groups in total. The zero-order valence-corrected chi connectivity index (χ0v) is 11.8. The molecule has 3 nitrogen and oxygen atoms in total. The van der Waals surface area contributed by atoms with E-state index in [0.29, 0.717) is 5.56 Å². The first-order valence-corrected chi connectivity index (χ1v) is 6.41. The molecule has 2 aromatic rings. The van der Waals surface area contributed by atoms with Crippen LogP contribution in [0.25, 0.3) is 11.3 Å². The second-order valence-corrected chi connectivity index (χ2v) is 5.21. The van der Waals surface area contributed by atoms with Gasteiger partial charge in [-0.05, 0) is 24.5 Å². The van der Waals surface area contributed by atoms with Crippen LogP contribution in [-0.4, -0.2) is 15.6 Å². The van der Waals surface area contributed by atoms with Crippen molar-refractivity contribution in [1.82, 2.24) is 4.57 Å². The van der Waals surface area contributed by atoms with Crippen molar-refractivity contribution in [3.63, 3.8) is 0 Å². The Hall–Kier alpha value is -2.03. The first-order chi connectivity index (χ1) is 8.91. The number of nitrogens with zero attached hydrogens (tertiary/aromatic N) is 1. The minimum Gasteiger partial charge on any atom is -0.478 e. The van der Waals surface area contributed by atoms with Crippen molar-refractivity contribution in [3.05, 3.63) is 47.2 Å². The van der Waals surface area contributed by atoms with Crippen LogP contribution < -0.4 is 0 Å². The van der Waals surface area contributed by atoms with Gasteiger partial charge in [0.1, 0.15) is 0 Å². The summed E-state index contributed by atoms with van der Waals surface area (Å²) in [5, 5.41) is 9.33. The maximum Gasteiger partial charge on any atom is 0.337 e. The van der Waals surface area contributed by atoms with Gasteiger partial charge in [0.25, 0.3) is 0 Å². The van der Waals surface area contributed by atoms with Crippen molar-refractivity contribution in [2.45, 2.75) is 26.7 Å². The molecule has 100 valence electrons. The van der Waals surface area contributed by atoms with Gasteiger partial charge in [0.15, 0.2) is 0 Å². The lowest BCUT2D eigenvalue weighted by Gasteiger charge is -2.11. The zero-order valence-electron chi connectivity index (χ0n) is 11.8. The summed E-state index contributed by atoms with van der Waals surface area (Å²) >= 11 is 0. The largest absolute Gasteiger partial charge is 0.478 e. The number of carboxylic acids is 1. The van der Waals surface area contributed by atoms with E-state index >= 15 is 0 Å². The highest BCUT2D eigenvalue weighted by Crippen LogP contribution is 2.29. The predicted octanol–water partition coefficient (Wildman–Crippen LogP) is 3.82. The third kappa shape index (κ3) is 2.41. The fraction of sp³-hybridized carbons (Fsp3) is 0.312. The molecule has 0 aliphatic rings. The Kier molecular flexibility index (Phi) is 3.47. The third-order valence-corrected chi connectivity index (χ3v) is 3.40. The van der Waals surface area contributed by atoms with Gasteiger partial charge < -0.3 is 9.67 Å². The minimum absolute atomic E-state index is 0.176. The summed E-state index contributed by atoms with van der Waals surface area (Å²) < 4.78 is 1.98. The highest BCUT2D eigenvalue weighted by molar-refractivity contribution is 5.91. The number of carbonyl (C=O) groups is 1. The smallest absolute Gasteiger partial charge is 0.337 e. The van der Waals surface area contributed by atoms with Crippen molar-refractivity contribution < 1.29 is 9.90 Å². The van der Waals surface area contributed by atoms with E-state index < -0.39 is 5.97 Å². The van der Waals surface area contributed by atoms with E-state index in [1.54, 1.807) is 6.07 Å². The number of aromatic nitrogens is 1. The Morgan fingerprint density at radius 3 is 2.21 bits per heavy atom. The normalized spacial score (nSPS) is 11.0. The number of hydrogen-bond donors (Lipinski definition) is 1. The monoisotopic (exact) mass is 257 g/mol. The number of aryl methyl sites for hydroxylation is 1. The highest BCUT2D eigenvalue weighted by atomic mass is 16.4. The fourth-order valence-electron chi connectivity index (χ4n) is 2.49. The van der Waals surface area contributed by atoms with Gasteiger partial charge in [-0.15, -0.1) is 0 Å². The summed E-state index contributed by atoms with van der Waals surface area (Å²) in [6.45, 7) is 6.07.